The molecule has 0 aliphatic heterocycles. The van der Waals surface area contributed by atoms with Crippen LogP contribution in [0.3, 0.4) is 0 Å². The van der Waals surface area contributed by atoms with E-state index in [-0.39, 0.29) is 6.04 Å². The molecular formula is C13H14F2N2O4. The van der Waals surface area contributed by atoms with Crippen LogP contribution in [-0.2, 0) is 9.53 Å². The lowest BCUT2D eigenvalue weighted by Crippen LogP contribution is -2.44. The number of halogens is 2. The average molecular weight is 300 g/mol. The van der Waals surface area contributed by atoms with Crippen molar-refractivity contribution in [3.8, 4) is 0 Å². The number of benzene rings is 1. The Bertz CT molecular complexity index is 541. The molecule has 2 N–H and O–H groups in total. The number of urea groups is 1. The Hall–Kier alpha value is -2.51. The minimum absolute atomic E-state index is 0.187. The van der Waals surface area contributed by atoms with Crippen molar-refractivity contribution in [2.75, 3.05) is 6.61 Å². The predicted molar refractivity (Wildman–Crippen MR) is 68.5 cm³/mol. The molecule has 0 aliphatic carbocycles. The van der Waals surface area contributed by atoms with Crippen LogP contribution in [0.15, 0.2) is 18.2 Å². The molecule has 0 fully saturated rings. The third kappa shape index (κ3) is 5.17. The summed E-state index contributed by atoms with van der Waals surface area (Å²) in [5.74, 6) is -4.45. The van der Waals surface area contributed by atoms with Crippen LogP contribution in [0.2, 0.25) is 0 Å². The van der Waals surface area contributed by atoms with Crippen LogP contribution in [0, 0.1) is 11.6 Å². The van der Waals surface area contributed by atoms with E-state index < -0.39 is 41.7 Å². The van der Waals surface area contributed by atoms with Crippen molar-refractivity contribution in [2.45, 2.75) is 19.9 Å². The van der Waals surface area contributed by atoms with Gasteiger partial charge in [-0.1, -0.05) is 6.07 Å². The second-order valence-corrected chi connectivity index (χ2v) is 4.35. The zero-order valence-corrected chi connectivity index (χ0v) is 11.4. The van der Waals surface area contributed by atoms with E-state index in [1.807, 2.05) is 5.32 Å². The van der Waals surface area contributed by atoms with Crippen LogP contribution in [0.25, 0.3) is 0 Å². The lowest BCUT2D eigenvalue weighted by molar-refractivity contribution is -0.123. The summed E-state index contributed by atoms with van der Waals surface area (Å²) in [4.78, 5) is 34.0. The van der Waals surface area contributed by atoms with E-state index in [9.17, 15) is 23.2 Å². The summed E-state index contributed by atoms with van der Waals surface area (Å²) < 4.78 is 31.0. The summed E-state index contributed by atoms with van der Waals surface area (Å²) in [6.45, 7) is 2.54. The molecule has 0 heterocycles. The molecule has 21 heavy (non-hydrogen) atoms. The van der Waals surface area contributed by atoms with Crippen LogP contribution in [-0.4, -0.2) is 30.6 Å². The van der Waals surface area contributed by atoms with Gasteiger partial charge in [0.15, 0.2) is 6.61 Å². The Balaban J connectivity index is 2.53. The highest BCUT2D eigenvalue weighted by atomic mass is 19.1. The molecular weight excluding hydrogens is 286 g/mol. The molecule has 0 radical (unpaired) electrons. The maximum atomic E-state index is 13.3. The number of rotatable bonds is 4. The maximum absolute atomic E-state index is 13.3. The number of ether oxygens (including phenoxy) is 1. The first-order valence-electron chi connectivity index (χ1n) is 6.02. The van der Waals surface area contributed by atoms with Gasteiger partial charge in [0.05, 0.1) is 0 Å². The molecule has 0 aromatic heterocycles. The maximum Gasteiger partial charge on any atom is 0.344 e. The molecule has 1 aromatic carbocycles. The SMILES string of the molecule is CC(C)NC(=O)NC(=O)COC(=O)c1c(F)cccc1F. The third-order valence-corrected chi connectivity index (χ3v) is 2.17. The van der Waals surface area contributed by atoms with Crippen molar-refractivity contribution in [3.05, 3.63) is 35.4 Å². The molecule has 8 heteroatoms. The van der Waals surface area contributed by atoms with Crippen molar-refractivity contribution >= 4 is 17.9 Å². The van der Waals surface area contributed by atoms with Gasteiger partial charge < -0.3 is 10.1 Å². The van der Waals surface area contributed by atoms with Crippen LogP contribution >= 0.6 is 0 Å². The number of hydrogen-bond donors (Lipinski definition) is 2. The minimum atomic E-state index is -1.33. The van der Waals surface area contributed by atoms with E-state index in [1.54, 1.807) is 13.8 Å². The second kappa shape index (κ2) is 7.32. The molecule has 0 unspecified atom stereocenters. The number of carbonyl (C=O) groups excluding carboxylic acids is 3. The van der Waals surface area contributed by atoms with Gasteiger partial charge in [-0.3, -0.25) is 10.1 Å². The molecule has 114 valence electrons. The average Bonchev–Trinajstić information content (AvgIpc) is 2.35. The van der Waals surface area contributed by atoms with Gasteiger partial charge in [0.2, 0.25) is 0 Å². The largest absolute Gasteiger partial charge is 0.452 e. The Labute approximate surface area is 119 Å². The Morgan fingerprint density at radius 3 is 2.29 bits per heavy atom. The summed E-state index contributed by atoms with van der Waals surface area (Å²) in [7, 11) is 0. The minimum Gasteiger partial charge on any atom is -0.452 e. The van der Waals surface area contributed by atoms with Gasteiger partial charge in [-0.15, -0.1) is 0 Å². The molecule has 6 nitrogen and oxygen atoms in total. The van der Waals surface area contributed by atoms with Gasteiger partial charge in [0.1, 0.15) is 17.2 Å². The molecule has 3 amide bonds. The van der Waals surface area contributed by atoms with Crippen molar-refractivity contribution in [1.82, 2.24) is 10.6 Å². The highest BCUT2D eigenvalue weighted by Crippen LogP contribution is 2.13. The van der Waals surface area contributed by atoms with E-state index in [0.717, 1.165) is 18.2 Å². The van der Waals surface area contributed by atoms with Crippen molar-refractivity contribution in [1.29, 1.82) is 0 Å². The first kappa shape index (κ1) is 16.5. The van der Waals surface area contributed by atoms with E-state index in [2.05, 4.69) is 10.1 Å². The van der Waals surface area contributed by atoms with Crippen molar-refractivity contribution in [3.63, 3.8) is 0 Å². The Kier molecular flexibility index (Phi) is 5.77. The highest BCUT2D eigenvalue weighted by Gasteiger charge is 2.20. The topological polar surface area (TPSA) is 84.5 Å². The highest BCUT2D eigenvalue weighted by molar-refractivity contribution is 5.97. The lowest BCUT2D eigenvalue weighted by Gasteiger charge is -2.09. The molecule has 0 spiro atoms. The van der Waals surface area contributed by atoms with Gasteiger partial charge in [-0.2, -0.15) is 0 Å². The van der Waals surface area contributed by atoms with Crippen molar-refractivity contribution in [2.24, 2.45) is 0 Å². The fraction of sp³-hybridized carbons (Fsp3) is 0.308. The quantitative estimate of drug-likeness (QED) is 0.822. The number of esters is 1. The summed E-state index contributed by atoms with van der Waals surface area (Å²) in [6, 6.07) is 1.91. The Morgan fingerprint density at radius 1 is 1.19 bits per heavy atom. The van der Waals surface area contributed by atoms with Gasteiger partial charge in [-0.05, 0) is 26.0 Å². The monoisotopic (exact) mass is 300 g/mol. The normalized spacial score (nSPS) is 10.1. The number of amides is 3. The van der Waals surface area contributed by atoms with Crippen molar-refractivity contribution < 1.29 is 27.9 Å². The van der Waals surface area contributed by atoms with Gasteiger partial charge >= 0.3 is 12.0 Å². The van der Waals surface area contributed by atoms with E-state index in [1.165, 1.54) is 0 Å². The predicted octanol–water partition coefficient (Wildman–Crippen LogP) is 1.36. The molecule has 0 aliphatic rings. The van der Waals surface area contributed by atoms with E-state index in [4.69, 9.17) is 0 Å². The number of imide groups is 1. The van der Waals surface area contributed by atoms with Crippen LogP contribution in [0.5, 0.6) is 0 Å². The van der Waals surface area contributed by atoms with Gasteiger partial charge in [0.25, 0.3) is 5.91 Å². The lowest BCUT2D eigenvalue weighted by atomic mass is 10.2. The summed E-state index contributed by atoms with van der Waals surface area (Å²) in [6.07, 6.45) is 0. The van der Waals surface area contributed by atoms with E-state index in [0.29, 0.717) is 0 Å². The van der Waals surface area contributed by atoms with Gasteiger partial charge in [0, 0.05) is 6.04 Å². The smallest absolute Gasteiger partial charge is 0.344 e. The van der Waals surface area contributed by atoms with Crippen LogP contribution < -0.4 is 10.6 Å². The Morgan fingerprint density at radius 2 is 1.76 bits per heavy atom. The summed E-state index contributed by atoms with van der Waals surface area (Å²) in [5.41, 5.74) is -0.892. The number of carbonyl (C=O) groups is 3. The zero-order valence-electron chi connectivity index (χ0n) is 11.4. The first-order chi connectivity index (χ1) is 9.81. The fourth-order valence-electron chi connectivity index (χ4n) is 1.36. The molecule has 0 bridgehead atoms. The number of hydrogen-bond acceptors (Lipinski definition) is 4. The molecule has 0 atom stereocenters. The van der Waals surface area contributed by atoms with E-state index >= 15 is 0 Å². The molecule has 0 saturated carbocycles. The summed E-state index contributed by atoms with van der Waals surface area (Å²) in [5, 5.41) is 4.27. The van der Waals surface area contributed by atoms with Crippen LogP contribution in [0.4, 0.5) is 13.6 Å². The van der Waals surface area contributed by atoms with Gasteiger partial charge in [-0.25, -0.2) is 18.4 Å². The number of nitrogens with one attached hydrogen (secondary N) is 2. The third-order valence-electron chi connectivity index (χ3n) is 2.17. The molecule has 0 saturated heterocycles. The fourth-order valence-corrected chi connectivity index (χ4v) is 1.36. The molecule has 1 aromatic rings. The zero-order chi connectivity index (χ0) is 16.0. The first-order valence-corrected chi connectivity index (χ1v) is 6.02. The summed E-state index contributed by atoms with van der Waals surface area (Å²) >= 11 is 0. The molecule has 1 rings (SSSR count). The van der Waals surface area contributed by atoms with Crippen LogP contribution in [0.1, 0.15) is 24.2 Å². The standard InChI is InChI=1S/C13H14F2N2O4/c1-7(2)16-13(20)17-10(18)6-21-12(19)11-8(14)4-3-5-9(11)15/h3-5,7H,6H2,1-2H3,(H2,16,17,18,20). The second-order valence-electron chi connectivity index (χ2n) is 4.35.